The molecule has 0 spiro atoms. The second-order valence-electron chi connectivity index (χ2n) is 3.95. The molecule has 0 saturated carbocycles. The predicted molar refractivity (Wildman–Crippen MR) is 71.4 cm³/mol. The quantitative estimate of drug-likeness (QED) is 0.945. The molecule has 0 aliphatic rings. The Kier molecular flexibility index (Phi) is 4.15. The van der Waals surface area contributed by atoms with E-state index in [4.69, 9.17) is 4.52 Å². The lowest BCUT2D eigenvalue weighted by atomic mass is 10.2. The zero-order valence-corrected chi connectivity index (χ0v) is 11.5. The molecule has 2 aromatic rings. The monoisotopic (exact) mass is 308 g/mol. The first-order valence-corrected chi connectivity index (χ1v) is 6.40. The summed E-state index contributed by atoms with van der Waals surface area (Å²) >= 11 is 3.33. The van der Waals surface area contributed by atoms with Crippen molar-refractivity contribution in [2.45, 2.75) is 13.3 Å². The molecule has 1 heterocycles. The Bertz CT molecular complexity index is 551. The third-order valence-electron chi connectivity index (χ3n) is 2.42. The van der Waals surface area contributed by atoms with Gasteiger partial charge >= 0.3 is 0 Å². The standard InChI is InChI=1S/C13H13BrN2O2/c1-9-7-12(18-16-9)5-6-15-13(17)10-3-2-4-11(14)8-10/h2-4,7-8H,5-6H2,1H3,(H,15,17). The van der Waals surface area contributed by atoms with Gasteiger partial charge in [-0.2, -0.15) is 0 Å². The third kappa shape index (κ3) is 3.43. The zero-order chi connectivity index (χ0) is 13.0. The number of nitrogens with zero attached hydrogens (tertiary/aromatic N) is 1. The molecule has 0 unspecified atom stereocenters. The maximum Gasteiger partial charge on any atom is 0.251 e. The van der Waals surface area contributed by atoms with Crippen molar-refractivity contribution < 1.29 is 9.32 Å². The van der Waals surface area contributed by atoms with Crippen LogP contribution < -0.4 is 5.32 Å². The second-order valence-corrected chi connectivity index (χ2v) is 4.87. The largest absolute Gasteiger partial charge is 0.361 e. The molecule has 0 bridgehead atoms. The molecule has 0 atom stereocenters. The molecule has 2 rings (SSSR count). The lowest BCUT2D eigenvalue weighted by molar-refractivity contribution is 0.0953. The molecular formula is C13H13BrN2O2. The van der Waals surface area contributed by atoms with Gasteiger partial charge in [-0.3, -0.25) is 4.79 Å². The fraction of sp³-hybridized carbons (Fsp3) is 0.231. The van der Waals surface area contributed by atoms with Crippen molar-refractivity contribution in [2.24, 2.45) is 0 Å². The lowest BCUT2D eigenvalue weighted by Crippen LogP contribution is -2.25. The van der Waals surface area contributed by atoms with Crippen LogP contribution in [0.4, 0.5) is 0 Å². The van der Waals surface area contributed by atoms with E-state index in [1.54, 1.807) is 12.1 Å². The first-order chi connectivity index (χ1) is 8.65. The van der Waals surface area contributed by atoms with Gasteiger partial charge in [0.05, 0.1) is 5.69 Å². The molecule has 1 aromatic heterocycles. The van der Waals surface area contributed by atoms with E-state index in [1.807, 2.05) is 25.1 Å². The van der Waals surface area contributed by atoms with Gasteiger partial charge in [0.25, 0.3) is 5.91 Å². The van der Waals surface area contributed by atoms with Crippen LogP contribution in [0.25, 0.3) is 0 Å². The van der Waals surface area contributed by atoms with Crippen molar-refractivity contribution in [3.8, 4) is 0 Å². The van der Waals surface area contributed by atoms with Gasteiger partial charge in [-0.15, -0.1) is 0 Å². The number of hydrogen-bond acceptors (Lipinski definition) is 3. The Hall–Kier alpha value is -1.62. The number of aryl methyl sites for hydroxylation is 1. The Labute approximate surface area is 113 Å². The molecule has 0 aliphatic heterocycles. The maximum absolute atomic E-state index is 11.8. The van der Waals surface area contributed by atoms with E-state index in [0.29, 0.717) is 18.5 Å². The summed E-state index contributed by atoms with van der Waals surface area (Å²) in [4.78, 5) is 11.8. The summed E-state index contributed by atoms with van der Waals surface area (Å²) in [5.41, 5.74) is 1.49. The highest BCUT2D eigenvalue weighted by Crippen LogP contribution is 2.11. The normalized spacial score (nSPS) is 10.3. The number of rotatable bonds is 4. The maximum atomic E-state index is 11.8. The molecule has 0 aliphatic carbocycles. The Morgan fingerprint density at radius 3 is 2.94 bits per heavy atom. The van der Waals surface area contributed by atoms with E-state index < -0.39 is 0 Å². The highest BCUT2D eigenvalue weighted by molar-refractivity contribution is 9.10. The van der Waals surface area contributed by atoms with E-state index in [0.717, 1.165) is 15.9 Å². The van der Waals surface area contributed by atoms with Gasteiger partial charge < -0.3 is 9.84 Å². The van der Waals surface area contributed by atoms with Gasteiger partial charge in [-0.25, -0.2) is 0 Å². The summed E-state index contributed by atoms with van der Waals surface area (Å²) in [5, 5.41) is 6.63. The molecule has 0 radical (unpaired) electrons. The highest BCUT2D eigenvalue weighted by atomic mass is 79.9. The lowest BCUT2D eigenvalue weighted by Gasteiger charge is -2.03. The number of aromatic nitrogens is 1. The zero-order valence-electron chi connectivity index (χ0n) is 9.94. The molecule has 4 nitrogen and oxygen atoms in total. The molecule has 94 valence electrons. The molecule has 5 heteroatoms. The van der Waals surface area contributed by atoms with Crippen LogP contribution in [0.15, 0.2) is 39.3 Å². The fourth-order valence-corrected chi connectivity index (χ4v) is 1.96. The number of nitrogens with one attached hydrogen (secondary N) is 1. The van der Waals surface area contributed by atoms with Crippen LogP contribution in [0.5, 0.6) is 0 Å². The van der Waals surface area contributed by atoms with Crippen molar-refractivity contribution in [2.75, 3.05) is 6.54 Å². The number of benzene rings is 1. The van der Waals surface area contributed by atoms with Crippen LogP contribution in [0, 0.1) is 6.92 Å². The van der Waals surface area contributed by atoms with Gasteiger partial charge in [-0.05, 0) is 25.1 Å². The molecular weight excluding hydrogens is 296 g/mol. The van der Waals surface area contributed by atoms with E-state index in [9.17, 15) is 4.79 Å². The van der Waals surface area contributed by atoms with Gasteiger partial charge in [0.1, 0.15) is 5.76 Å². The van der Waals surface area contributed by atoms with E-state index in [2.05, 4.69) is 26.4 Å². The summed E-state index contributed by atoms with van der Waals surface area (Å²) in [7, 11) is 0. The Morgan fingerprint density at radius 1 is 1.44 bits per heavy atom. The molecule has 0 fully saturated rings. The third-order valence-corrected chi connectivity index (χ3v) is 2.91. The molecule has 0 saturated heterocycles. The SMILES string of the molecule is Cc1cc(CCNC(=O)c2cccc(Br)c2)on1. The van der Waals surface area contributed by atoms with Crippen LogP contribution >= 0.6 is 15.9 Å². The van der Waals surface area contributed by atoms with E-state index >= 15 is 0 Å². The second kappa shape index (κ2) is 5.82. The van der Waals surface area contributed by atoms with Crippen molar-refractivity contribution in [1.29, 1.82) is 0 Å². The first kappa shape index (κ1) is 12.8. The topological polar surface area (TPSA) is 55.1 Å². The number of carbonyl (C=O) groups is 1. The van der Waals surface area contributed by atoms with Crippen LogP contribution in [0.2, 0.25) is 0 Å². The summed E-state index contributed by atoms with van der Waals surface area (Å²) in [6.07, 6.45) is 0.639. The minimum absolute atomic E-state index is 0.0902. The average Bonchev–Trinajstić information content (AvgIpc) is 2.75. The molecule has 18 heavy (non-hydrogen) atoms. The van der Waals surface area contributed by atoms with Crippen LogP contribution in [-0.2, 0) is 6.42 Å². The minimum Gasteiger partial charge on any atom is -0.361 e. The molecule has 1 amide bonds. The highest BCUT2D eigenvalue weighted by Gasteiger charge is 2.06. The Balaban J connectivity index is 1.85. The molecule has 1 N–H and O–H groups in total. The smallest absolute Gasteiger partial charge is 0.251 e. The number of hydrogen-bond donors (Lipinski definition) is 1. The van der Waals surface area contributed by atoms with Crippen LogP contribution in [-0.4, -0.2) is 17.6 Å². The van der Waals surface area contributed by atoms with Gasteiger partial charge in [-0.1, -0.05) is 27.2 Å². The van der Waals surface area contributed by atoms with E-state index in [1.165, 1.54) is 0 Å². The number of halogens is 1. The Morgan fingerprint density at radius 2 is 2.28 bits per heavy atom. The fourth-order valence-electron chi connectivity index (χ4n) is 1.57. The van der Waals surface area contributed by atoms with Crippen molar-refractivity contribution in [1.82, 2.24) is 10.5 Å². The molecule has 1 aromatic carbocycles. The summed E-state index contributed by atoms with van der Waals surface area (Å²) in [6, 6.07) is 9.14. The van der Waals surface area contributed by atoms with Gasteiger partial charge in [0, 0.05) is 29.1 Å². The number of amides is 1. The first-order valence-electron chi connectivity index (χ1n) is 5.61. The predicted octanol–water partition coefficient (Wildman–Crippen LogP) is 2.72. The van der Waals surface area contributed by atoms with Gasteiger partial charge in [0.2, 0.25) is 0 Å². The van der Waals surface area contributed by atoms with Crippen molar-refractivity contribution in [3.05, 3.63) is 51.8 Å². The van der Waals surface area contributed by atoms with Gasteiger partial charge in [0.15, 0.2) is 0 Å². The average molecular weight is 309 g/mol. The summed E-state index contributed by atoms with van der Waals surface area (Å²) in [6.45, 7) is 2.40. The van der Waals surface area contributed by atoms with Crippen molar-refractivity contribution in [3.63, 3.8) is 0 Å². The van der Waals surface area contributed by atoms with Crippen LogP contribution in [0.1, 0.15) is 21.8 Å². The van der Waals surface area contributed by atoms with E-state index in [-0.39, 0.29) is 5.91 Å². The minimum atomic E-state index is -0.0902. The van der Waals surface area contributed by atoms with Crippen molar-refractivity contribution >= 4 is 21.8 Å². The summed E-state index contributed by atoms with van der Waals surface area (Å²) < 4.78 is 5.95. The number of carbonyl (C=O) groups excluding carboxylic acids is 1. The summed E-state index contributed by atoms with van der Waals surface area (Å²) in [5.74, 6) is 0.689. The van der Waals surface area contributed by atoms with Crippen LogP contribution in [0.3, 0.4) is 0 Å².